The Hall–Kier alpha value is -1.91. The molecule has 1 saturated heterocycles. The van der Waals surface area contributed by atoms with E-state index in [9.17, 15) is 9.59 Å². The molecule has 5 nitrogen and oxygen atoms in total. The lowest BCUT2D eigenvalue weighted by molar-refractivity contribution is -0.117. The van der Waals surface area contributed by atoms with Crippen molar-refractivity contribution in [1.82, 2.24) is 15.2 Å². The van der Waals surface area contributed by atoms with Crippen LogP contribution in [0.5, 0.6) is 0 Å². The molecule has 2 rings (SSSR count). The molecule has 1 aliphatic heterocycles. The van der Waals surface area contributed by atoms with Crippen LogP contribution in [0.25, 0.3) is 0 Å². The molecular formula is C11H13N3O2. The van der Waals surface area contributed by atoms with Crippen LogP contribution in [-0.4, -0.2) is 34.8 Å². The lowest BCUT2D eigenvalue weighted by Gasteiger charge is -2.11. The summed E-state index contributed by atoms with van der Waals surface area (Å²) in [5, 5.41) is 2.80. The largest absolute Gasteiger partial charge is 0.328 e. The maximum atomic E-state index is 11.5. The predicted octanol–water partition coefficient (Wildman–Crippen LogP) is 0.737. The average Bonchev–Trinajstić information content (AvgIpc) is 2.61. The molecule has 2 heterocycles. The van der Waals surface area contributed by atoms with Crippen LogP contribution in [0.15, 0.2) is 24.4 Å². The fraction of sp³-hybridized carbons (Fsp3) is 0.364. The van der Waals surface area contributed by atoms with Gasteiger partial charge in [0.1, 0.15) is 5.78 Å². The molecule has 5 heteroatoms. The molecule has 0 aliphatic carbocycles. The molecule has 1 fully saturated rings. The summed E-state index contributed by atoms with van der Waals surface area (Å²) in [6, 6.07) is 5.25. The van der Waals surface area contributed by atoms with Crippen molar-refractivity contribution in [2.24, 2.45) is 0 Å². The monoisotopic (exact) mass is 219 g/mol. The number of amides is 2. The molecule has 1 unspecified atom stereocenters. The summed E-state index contributed by atoms with van der Waals surface area (Å²) in [7, 11) is 0. The van der Waals surface area contributed by atoms with Crippen molar-refractivity contribution in [2.45, 2.75) is 13.0 Å². The molecule has 16 heavy (non-hydrogen) atoms. The molecule has 1 aromatic heterocycles. The molecule has 1 atom stereocenters. The number of carbonyl (C=O) groups excluding carboxylic acids is 2. The standard InChI is InChI=1S/C11H13N3O2/c1-8(15)6-14-7-10(13-11(14)16)9-4-2-3-5-12-9/h2-5,10H,6-7H2,1H3,(H,13,16). The third kappa shape index (κ3) is 2.18. The van der Waals surface area contributed by atoms with Gasteiger partial charge in [-0.05, 0) is 19.1 Å². The van der Waals surface area contributed by atoms with Gasteiger partial charge in [0, 0.05) is 12.7 Å². The van der Waals surface area contributed by atoms with Gasteiger partial charge in [0.25, 0.3) is 0 Å². The van der Waals surface area contributed by atoms with Crippen molar-refractivity contribution < 1.29 is 9.59 Å². The third-order valence-electron chi connectivity index (χ3n) is 2.45. The van der Waals surface area contributed by atoms with Gasteiger partial charge in [-0.25, -0.2) is 4.79 Å². The molecule has 1 aliphatic rings. The molecule has 84 valence electrons. The number of aromatic nitrogens is 1. The van der Waals surface area contributed by atoms with Crippen LogP contribution in [-0.2, 0) is 4.79 Å². The van der Waals surface area contributed by atoms with E-state index < -0.39 is 0 Å². The minimum Gasteiger partial charge on any atom is -0.328 e. The number of rotatable bonds is 3. The van der Waals surface area contributed by atoms with E-state index in [1.807, 2.05) is 18.2 Å². The van der Waals surface area contributed by atoms with Crippen LogP contribution >= 0.6 is 0 Å². The molecular weight excluding hydrogens is 206 g/mol. The molecule has 0 aromatic carbocycles. The lowest BCUT2D eigenvalue weighted by Crippen LogP contribution is -2.32. The van der Waals surface area contributed by atoms with Crippen molar-refractivity contribution >= 4 is 11.8 Å². The average molecular weight is 219 g/mol. The zero-order valence-corrected chi connectivity index (χ0v) is 9.01. The van der Waals surface area contributed by atoms with E-state index in [-0.39, 0.29) is 24.4 Å². The number of Topliss-reactive ketones (excluding diaryl/α,β-unsaturated/α-hetero) is 1. The Kier molecular flexibility index (Phi) is 2.85. The molecule has 0 spiro atoms. The van der Waals surface area contributed by atoms with Gasteiger partial charge >= 0.3 is 6.03 Å². The number of pyridine rings is 1. The van der Waals surface area contributed by atoms with Gasteiger partial charge in [-0.2, -0.15) is 0 Å². The SMILES string of the molecule is CC(=O)CN1CC(c2ccccn2)NC1=O. The first-order valence-electron chi connectivity index (χ1n) is 5.12. The quantitative estimate of drug-likeness (QED) is 0.815. The Morgan fingerprint density at radius 2 is 2.44 bits per heavy atom. The Morgan fingerprint density at radius 1 is 1.62 bits per heavy atom. The maximum Gasteiger partial charge on any atom is 0.318 e. The fourth-order valence-electron chi connectivity index (χ4n) is 1.74. The van der Waals surface area contributed by atoms with Gasteiger partial charge in [-0.3, -0.25) is 9.78 Å². The summed E-state index contributed by atoms with van der Waals surface area (Å²) in [6.07, 6.45) is 1.69. The summed E-state index contributed by atoms with van der Waals surface area (Å²) in [4.78, 5) is 28.2. The highest BCUT2D eigenvalue weighted by molar-refractivity contribution is 5.85. The van der Waals surface area contributed by atoms with Crippen molar-refractivity contribution in [1.29, 1.82) is 0 Å². The first-order valence-corrected chi connectivity index (χ1v) is 5.12. The molecule has 1 aromatic rings. The molecule has 0 saturated carbocycles. The first kappa shape index (κ1) is 10.6. The van der Waals surface area contributed by atoms with Crippen LogP contribution in [0.2, 0.25) is 0 Å². The maximum absolute atomic E-state index is 11.5. The van der Waals surface area contributed by atoms with Crippen LogP contribution in [0.3, 0.4) is 0 Å². The highest BCUT2D eigenvalue weighted by Gasteiger charge is 2.30. The lowest BCUT2D eigenvalue weighted by atomic mass is 10.2. The second kappa shape index (κ2) is 4.30. The van der Waals surface area contributed by atoms with Crippen LogP contribution < -0.4 is 5.32 Å². The van der Waals surface area contributed by atoms with Crippen LogP contribution in [0.1, 0.15) is 18.7 Å². The van der Waals surface area contributed by atoms with Gasteiger partial charge in [0.2, 0.25) is 0 Å². The minimum absolute atomic E-state index is 0.0168. The molecule has 1 N–H and O–H groups in total. The molecule has 0 bridgehead atoms. The Bertz CT molecular complexity index is 405. The fourth-order valence-corrected chi connectivity index (χ4v) is 1.74. The number of urea groups is 1. The summed E-state index contributed by atoms with van der Waals surface area (Å²) < 4.78 is 0. The van der Waals surface area contributed by atoms with Crippen molar-refractivity contribution in [3.63, 3.8) is 0 Å². The number of carbonyl (C=O) groups is 2. The Balaban J connectivity index is 2.07. The second-order valence-electron chi connectivity index (χ2n) is 3.84. The van der Waals surface area contributed by atoms with Crippen molar-refractivity contribution in [3.05, 3.63) is 30.1 Å². The van der Waals surface area contributed by atoms with E-state index in [2.05, 4.69) is 10.3 Å². The smallest absolute Gasteiger partial charge is 0.318 e. The number of hydrogen-bond donors (Lipinski definition) is 1. The number of ketones is 1. The molecule has 0 radical (unpaired) electrons. The molecule has 2 amide bonds. The van der Waals surface area contributed by atoms with Gasteiger partial charge in [0.05, 0.1) is 18.3 Å². The second-order valence-corrected chi connectivity index (χ2v) is 3.84. The zero-order chi connectivity index (χ0) is 11.5. The van der Waals surface area contributed by atoms with E-state index in [1.165, 1.54) is 11.8 Å². The van der Waals surface area contributed by atoms with E-state index in [1.54, 1.807) is 6.20 Å². The van der Waals surface area contributed by atoms with Gasteiger partial charge in [-0.1, -0.05) is 6.07 Å². The topological polar surface area (TPSA) is 62.3 Å². The normalized spacial score (nSPS) is 19.7. The Labute approximate surface area is 93.5 Å². The van der Waals surface area contributed by atoms with E-state index in [4.69, 9.17) is 0 Å². The zero-order valence-electron chi connectivity index (χ0n) is 9.01. The number of nitrogens with zero attached hydrogens (tertiary/aromatic N) is 2. The van der Waals surface area contributed by atoms with Gasteiger partial charge in [0.15, 0.2) is 0 Å². The van der Waals surface area contributed by atoms with Crippen LogP contribution in [0.4, 0.5) is 4.79 Å². The predicted molar refractivity (Wildman–Crippen MR) is 57.8 cm³/mol. The number of nitrogens with one attached hydrogen (secondary N) is 1. The van der Waals surface area contributed by atoms with E-state index in [0.717, 1.165) is 5.69 Å². The van der Waals surface area contributed by atoms with Crippen LogP contribution in [0, 0.1) is 0 Å². The van der Waals surface area contributed by atoms with E-state index >= 15 is 0 Å². The highest BCUT2D eigenvalue weighted by atomic mass is 16.2. The summed E-state index contributed by atoms with van der Waals surface area (Å²) >= 11 is 0. The Morgan fingerprint density at radius 3 is 3.06 bits per heavy atom. The van der Waals surface area contributed by atoms with Gasteiger partial charge in [-0.15, -0.1) is 0 Å². The minimum atomic E-state index is -0.203. The third-order valence-corrected chi connectivity index (χ3v) is 2.45. The number of hydrogen-bond acceptors (Lipinski definition) is 3. The summed E-state index contributed by atoms with van der Waals surface area (Å²) in [5.41, 5.74) is 0.821. The highest BCUT2D eigenvalue weighted by Crippen LogP contribution is 2.17. The summed E-state index contributed by atoms with van der Waals surface area (Å²) in [5.74, 6) is -0.0168. The van der Waals surface area contributed by atoms with E-state index in [0.29, 0.717) is 6.54 Å². The first-order chi connectivity index (χ1) is 7.66. The summed E-state index contributed by atoms with van der Waals surface area (Å²) in [6.45, 7) is 2.13. The van der Waals surface area contributed by atoms with Gasteiger partial charge < -0.3 is 10.2 Å². The van der Waals surface area contributed by atoms with Crippen molar-refractivity contribution in [2.75, 3.05) is 13.1 Å². The van der Waals surface area contributed by atoms with Crippen molar-refractivity contribution in [3.8, 4) is 0 Å².